The zero-order valence-corrected chi connectivity index (χ0v) is 9.49. The van der Waals surface area contributed by atoms with Gasteiger partial charge in [0.1, 0.15) is 0 Å². The van der Waals surface area contributed by atoms with Gasteiger partial charge in [-0.15, -0.1) is 0 Å². The Hall–Kier alpha value is 0.592. The molecule has 46 valence electrons. The third-order valence-electron chi connectivity index (χ3n) is 0.780. The summed E-state index contributed by atoms with van der Waals surface area (Å²) in [6.45, 7) is 6.57. The molecule has 0 unspecified atom stereocenters. The molecule has 0 radical (unpaired) electrons. The van der Waals surface area contributed by atoms with Crippen molar-refractivity contribution in [3.63, 3.8) is 0 Å². The maximum atomic E-state index is 3.40. The van der Waals surface area contributed by atoms with Crippen LogP contribution in [0.25, 0.3) is 0 Å². The van der Waals surface area contributed by atoms with Crippen LogP contribution < -0.4 is 5.32 Å². The SMILES string of the molecule is C=[C-]NCCCC.[U]. The number of rotatable bonds is 4. The number of hydrogen-bond acceptors (Lipinski definition) is 1. The Kier molecular flexibility index (Phi) is 15.0. The van der Waals surface area contributed by atoms with E-state index in [9.17, 15) is 0 Å². The van der Waals surface area contributed by atoms with Crippen LogP contribution >= 0.6 is 0 Å². The van der Waals surface area contributed by atoms with Crippen molar-refractivity contribution in [1.29, 1.82) is 0 Å². The molecule has 1 nitrogen and oxygen atoms in total. The summed E-state index contributed by atoms with van der Waals surface area (Å²) in [5.74, 6) is 0. The van der Waals surface area contributed by atoms with Crippen molar-refractivity contribution in [2.75, 3.05) is 6.54 Å². The topological polar surface area (TPSA) is 12.0 Å². The first-order chi connectivity index (χ1) is 3.41. The third kappa shape index (κ3) is 9.78. The standard InChI is InChI=1S/C6H12N.U/c1-3-5-6-7-4-2;/h7H,2-3,5-6H2,1H3;/q-1;. The van der Waals surface area contributed by atoms with Gasteiger partial charge in [-0.25, -0.2) is 0 Å². The molecule has 0 fully saturated rings. The molecule has 0 aromatic heterocycles. The minimum Gasteiger partial charge on any atom is -0.568 e. The van der Waals surface area contributed by atoms with Crippen LogP contribution in [-0.4, -0.2) is 6.54 Å². The second-order valence-electron chi connectivity index (χ2n) is 1.46. The Morgan fingerprint density at radius 1 is 1.62 bits per heavy atom. The van der Waals surface area contributed by atoms with Crippen molar-refractivity contribution < 1.29 is 31.1 Å². The second kappa shape index (κ2) is 10.6. The zero-order valence-electron chi connectivity index (χ0n) is 5.33. The quantitative estimate of drug-likeness (QED) is 0.464. The maximum absolute atomic E-state index is 3.40. The Morgan fingerprint density at radius 3 is 2.62 bits per heavy atom. The molecule has 0 heterocycles. The van der Waals surface area contributed by atoms with Crippen LogP contribution in [-0.2, 0) is 0 Å². The summed E-state index contributed by atoms with van der Waals surface area (Å²) in [4.78, 5) is 0. The van der Waals surface area contributed by atoms with Gasteiger partial charge in [0.2, 0.25) is 0 Å². The molecule has 2 heteroatoms. The van der Waals surface area contributed by atoms with E-state index in [4.69, 9.17) is 0 Å². The van der Waals surface area contributed by atoms with E-state index in [1.165, 1.54) is 12.8 Å². The van der Waals surface area contributed by atoms with Crippen molar-refractivity contribution in [3.8, 4) is 0 Å². The summed E-state index contributed by atoms with van der Waals surface area (Å²) in [5.41, 5.74) is 0. The van der Waals surface area contributed by atoms with Crippen LogP contribution in [0.4, 0.5) is 0 Å². The Bertz CT molecular complexity index is 45.8. The third-order valence-corrected chi connectivity index (χ3v) is 0.780. The van der Waals surface area contributed by atoms with Gasteiger partial charge < -0.3 is 11.5 Å². The summed E-state index contributed by atoms with van der Waals surface area (Å²) >= 11 is 0. The molecule has 0 saturated carbocycles. The molecule has 0 aliphatic rings. The van der Waals surface area contributed by atoms with E-state index in [0.717, 1.165) is 6.54 Å². The largest absolute Gasteiger partial charge is 0.568 e. The zero-order chi connectivity index (χ0) is 5.54. The van der Waals surface area contributed by atoms with Crippen LogP contribution in [0.5, 0.6) is 0 Å². The van der Waals surface area contributed by atoms with Crippen LogP contribution in [0.2, 0.25) is 0 Å². The number of nitrogens with one attached hydrogen (secondary N) is 1. The van der Waals surface area contributed by atoms with E-state index in [1.807, 2.05) is 0 Å². The minimum absolute atomic E-state index is 0. The number of hydrogen-bond donors (Lipinski definition) is 1. The molecular formula is C6H12NU-. The molecule has 0 amide bonds. The number of unbranched alkanes of at least 4 members (excludes halogenated alkanes) is 1. The molecule has 0 spiro atoms. The molecule has 0 atom stereocenters. The van der Waals surface area contributed by atoms with E-state index < -0.39 is 0 Å². The molecule has 1 N–H and O–H groups in total. The summed E-state index contributed by atoms with van der Waals surface area (Å²) in [7, 11) is 0. The monoisotopic (exact) mass is 336 g/mol. The molecule has 8 heavy (non-hydrogen) atoms. The van der Waals surface area contributed by atoms with Crippen molar-refractivity contribution >= 4 is 0 Å². The molecule has 0 aromatic carbocycles. The Balaban J connectivity index is 0. The first-order valence-corrected chi connectivity index (χ1v) is 2.66. The van der Waals surface area contributed by atoms with Gasteiger partial charge in [-0.1, -0.05) is 13.3 Å². The van der Waals surface area contributed by atoms with Gasteiger partial charge >= 0.3 is 0 Å². The summed E-state index contributed by atoms with van der Waals surface area (Å²) in [5, 5.41) is 2.89. The predicted molar refractivity (Wildman–Crippen MR) is 31.8 cm³/mol. The van der Waals surface area contributed by atoms with Gasteiger partial charge in [0.15, 0.2) is 0 Å². The predicted octanol–water partition coefficient (Wildman–Crippen LogP) is 1.32. The molecule has 0 aliphatic carbocycles. The van der Waals surface area contributed by atoms with E-state index in [-0.39, 0.29) is 31.1 Å². The van der Waals surface area contributed by atoms with Gasteiger partial charge in [-0.05, 0) is 13.0 Å². The first kappa shape index (κ1) is 11.4. The molecular weight excluding hydrogens is 324 g/mol. The van der Waals surface area contributed by atoms with E-state index in [0.29, 0.717) is 0 Å². The molecule has 0 rings (SSSR count). The second-order valence-corrected chi connectivity index (χ2v) is 1.46. The summed E-state index contributed by atoms with van der Waals surface area (Å²) in [6.07, 6.45) is 5.04. The molecule has 0 aliphatic heterocycles. The fraction of sp³-hybridized carbons (Fsp3) is 0.667. The fourth-order valence-corrected chi connectivity index (χ4v) is 0.354. The van der Waals surface area contributed by atoms with E-state index in [2.05, 4.69) is 25.0 Å². The van der Waals surface area contributed by atoms with Gasteiger partial charge in [0.25, 0.3) is 0 Å². The van der Waals surface area contributed by atoms with Gasteiger partial charge in [0.05, 0.1) is 0 Å². The van der Waals surface area contributed by atoms with Crippen LogP contribution in [0.3, 0.4) is 0 Å². The summed E-state index contributed by atoms with van der Waals surface area (Å²) in [6, 6.07) is 0. The van der Waals surface area contributed by atoms with E-state index in [1.54, 1.807) is 0 Å². The molecule has 0 aromatic rings. The van der Waals surface area contributed by atoms with Crippen molar-refractivity contribution in [1.82, 2.24) is 5.32 Å². The fourth-order valence-electron chi connectivity index (χ4n) is 0.354. The van der Waals surface area contributed by atoms with Crippen LogP contribution in [0, 0.1) is 37.3 Å². The Morgan fingerprint density at radius 2 is 2.25 bits per heavy atom. The Labute approximate surface area is 75.3 Å². The molecule has 0 saturated heterocycles. The van der Waals surface area contributed by atoms with Crippen molar-refractivity contribution in [2.45, 2.75) is 19.8 Å². The maximum Gasteiger partial charge on any atom is 0 e. The normalized spacial score (nSPS) is 7.12. The smallest absolute Gasteiger partial charge is 0 e. The first-order valence-electron chi connectivity index (χ1n) is 2.66. The van der Waals surface area contributed by atoms with Gasteiger partial charge in [-0.3, -0.25) is 6.58 Å². The summed E-state index contributed by atoms with van der Waals surface area (Å²) < 4.78 is 0. The van der Waals surface area contributed by atoms with Crippen molar-refractivity contribution in [3.05, 3.63) is 12.8 Å². The van der Waals surface area contributed by atoms with E-state index >= 15 is 0 Å². The minimum atomic E-state index is 0. The average Bonchev–Trinajstić information content (AvgIpc) is 1.69. The van der Waals surface area contributed by atoms with Crippen LogP contribution in [0.15, 0.2) is 6.58 Å². The average molecular weight is 336 g/mol. The molecule has 0 bridgehead atoms. The van der Waals surface area contributed by atoms with Crippen LogP contribution in [0.1, 0.15) is 19.8 Å². The van der Waals surface area contributed by atoms with Gasteiger partial charge in [-0.2, -0.15) is 0 Å². The van der Waals surface area contributed by atoms with Gasteiger partial charge in [0, 0.05) is 31.1 Å². The van der Waals surface area contributed by atoms with Crippen molar-refractivity contribution in [2.24, 2.45) is 0 Å².